The molecule has 1 N–H and O–H groups in total. The molecule has 0 aromatic rings. The Kier molecular flexibility index (Phi) is 6.18. The van der Waals surface area contributed by atoms with Crippen molar-refractivity contribution < 1.29 is 0 Å². The van der Waals surface area contributed by atoms with Crippen molar-refractivity contribution in [1.82, 2.24) is 10.2 Å². The summed E-state index contributed by atoms with van der Waals surface area (Å²) < 4.78 is 0. The summed E-state index contributed by atoms with van der Waals surface area (Å²) in [5.41, 5.74) is -0.254. The highest BCUT2D eigenvalue weighted by Crippen LogP contribution is 2.25. The molecule has 0 amide bonds. The predicted octanol–water partition coefficient (Wildman–Crippen LogP) is 1.71. The van der Waals surface area contributed by atoms with Gasteiger partial charge in [-0.1, -0.05) is 13.8 Å². The minimum absolute atomic E-state index is 0.254. The molecule has 0 spiro atoms. The van der Waals surface area contributed by atoms with Gasteiger partial charge in [0, 0.05) is 18.8 Å². The zero-order valence-corrected chi connectivity index (χ0v) is 11.3. The molecule has 0 saturated carbocycles. The number of thioether (sulfide) groups is 1. The second-order valence-electron chi connectivity index (χ2n) is 4.30. The van der Waals surface area contributed by atoms with Crippen LogP contribution < -0.4 is 5.32 Å². The van der Waals surface area contributed by atoms with Crippen molar-refractivity contribution in [2.75, 3.05) is 37.7 Å². The summed E-state index contributed by atoms with van der Waals surface area (Å²) in [6.07, 6.45) is 2.17. The fraction of sp³-hybridized carbons (Fsp3) is 0.917. The van der Waals surface area contributed by atoms with Crippen LogP contribution in [0.2, 0.25) is 0 Å². The number of hydrogen-bond donors (Lipinski definition) is 1. The quantitative estimate of drug-likeness (QED) is 0.768. The van der Waals surface area contributed by atoms with Crippen LogP contribution in [0.25, 0.3) is 0 Å². The number of nitrogens with zero attached hydrogens (tertiary/aromatic N) is 2. The van der Waals surface area contributed by atoms with Gasteiger partial charge in [0.1, 0.15) is 5.54 Å². The molecular formula is C12H23N3S. The van der Waals surface area contributed by atoms with E-state index >= 15 is 0 Å². The molecule has 3 nitrogen and oxygen atoms in total. The van der Waals surface area contributed by atoms with Crippen molar-refractivity contribution in [2.24, 2.45) is 0 Å². The van der Waals surface area contributed by atoms with Crippen LogP contribution in [-0.4, -0.2) is 48.1 Å². The van der Waals surface area contributed by atoms with Crippen molar-refractivity contribution in [1.29, 1.82) is 5.26 Å². The molecule has 1 atom stereocenters. The van der Waals surface area contributed by atoms with E-state index < -0.39 is 0 Å². The van der Waals surface area contributed by atoms with Crippen LogP contribution in [0.1, 0.15) is 26.7 Å². The largest absolute Gasteiger partial charge is 0.303 e. The Hall–Kier alpha value is -0.240. The summed E-state index contributed by atoms with van der Waals surface area (Å²) in [5.74, 6) is 2.16. The Morgan fingerprint density at radius 1 is 1.44 bits per heavy atom. The van der Waals surface area contributed by atoms with Gasteiger partial charge < -0.3 is 4.90 Å². The zero-order valence-electron chi connectivity index (χ0n) is 10.5. The van der Waals surface area contributed by atoms with Gasteiger partial charge >= 0.3 is 0 Å². The summed E-state index contributed by atoms with van der Waals surface area (Å²) in [6, 6.07) is 2.48. The molecule has 0 aromatic heterocycles. The Balaban J connectivity index is 2.31. The average Bonchev–Trinajstić information content (AvgIpc) is 2.36. The minimum Gasteiger partial charge on any atom is -0.303 e. The molecule has 0 aliphatic carbocycles. The number of hydrogen-bond acceptors (Lipinski definition) is 4. The van der Waals surface area contributed by atoms with Crippen molar-refractivity contribution in [3.63, 3.8) is 0 Å². The first-order chi connectivity index (χ1) is 7.76. The number of nitriles is 1. The third-order valence-corrected chi connectivity index (χ3v) is 4.51. The molecule has 1 saturated heterocycles. The van der Waals surface area contributed by atoms with Crippen LogP contribution in [0.4, 0.5) is 0 Å². The van der Waals surface area contributed by atoms with E-state index in [9.17, 15) is 5.26 Å². The van der Waals surface area contributed by atoms with E-state index in [1.54, 1.807) is 0 Å². The first kappa shape index (κ1) is 13.8. The summed E-state index contributed by atoms with van der Waals surface area (Å²) in [7, 11) is 0. The van der Waals surface area contributed by atoms with Crippen molar-refractivity contribution in [2.45, 2.75) is 32.2 Å². The third-order valence-electron chi connectivity index (χ3n) is 3.24. The third kappa shape index (κ3) is 3.97. The molecule has 92 valence electrons. The van der Waals surface area contributed by atoms with E-state index in [2.05, 4.69) is 30.1 Å². The minimum atomic E-state index is -0.254. The van der Waals surface area contributed by atoms with Crippen LogP contribution >= 0.6 is 11.8 Å². The van der Waals surface area contributed by atoms with Gasteiger partial charge in [-0.25, -0.2) is 0 Å². The first-order valence-electron chi connectivity index (χ1n) is 6.22. The van der Waals surface area contributed by atoms with Crippen LogP contribution in [0, 0.1) is 11.3 Å². The molecule has 1 heterocycles. The topological polar surface area (TPSA) is 39.1 Å². The van der Waals surface area contributed by atoms with Gasteiger partial charge in [0.2, 0.25) is 0 Å². The highest BCUT2D eigenvalue weighted by Gasteiger charge is 2.31. The molecule has 0 aromatic carbocycles. The highest BCUT2D eigenvalue weighted by molar-refractivity contribution is 7.99. The lowest BCUT2D eigenvalue weighted by molar-refractivity contribution is 0.286. The van der Waals surface area contributed by atoms with E-state index in [0.29, 0.717) is 0 Å². The summed E-state index contributed by atoms with van der Waals surface area (Å²) in [4.78, 5) is 2.38. The highest BCUT2D eigenvalue weighted by atomic mass is 32.2. The Bertz CT molecular complexity index is 227. The Morgan fingerprint density at radius 3 is 2.69 bits per heavy atom. The number of nitrogens with one attached hydrogen (secondary N) is 1. The van der Waals surface area contributed by atoms with E-state index in [1.165, 1.54) is 5.75 Å². The lowest BCUT2D eigenvalue weighted by atomic mass is 9.97. The van der Waals surface area contributed by atoms with Crippen molar-refractivity contribution in [3.8, 4) is 6.07 Å². The maximum atomic E-state index is 9.28. The molecule has 1 rings (SSSR count). The molecule has 1 aliphatic heterocycles. The number of rotatable bonds is 6. The standard InChI is InChI=1S/C12H23N3S/c1-3-15(4-2)8-7-14-12(10-13)6-5-9-16-11-12/h14H,3-9,11H2,1-2H3. The Labute approximate surface area is 104 Å². The lowest BCUT2D eigenvalue weighted by Crippen LogP contribution is -2.50. The predicted molar refractivity (Wildman–Crippen MR) is 70.7 cm³/mol. The second-order valence-corrected chi connectivity index (χ2v) is 5.41. The van der Waals surface area contributed by atoms with E-state index in [4.69, 9.17) is 0 Å². The maximum Gasteiger partial charge on any atom is 0.115 e. The van der Waals surface area contributed by atoms with Crippen LogP contribution in [-0.2, 0) is 0 Å². The van der Waals surface area contributed by atoms with E-state index in [-0.39, 0.29) is 5.54 Å². The van der Waals surface area contributed by atoms with E-state index in [1.807, 2.05) is 11.8 Å². The fourth-order valence-corrected chi connectivity index (χ4v) is 3.21. The number of likely N-dealkylation sites (N-methyl/N-ethyl adjacent to an activating group) is 1. The molecule has 0 radical (unpaired) electrons. The van der Waals surface area contributed by atoms with Gasteiger partial charge in [-0.05, 0) is 31.7 Å². The molecule has 16 heavy (non-hydrogen) atoms. The van der Waals surface area contributed by atoms with Gasteiger partial charge in [-0.3, -0.25) is 5.32 Å². The molecule has 0 bridgehead atoms. The monoisotopic (exact) mass is 241 g/mol. The van der Waals surface area contributed by atoms with Gasteiger partial charge in [0.15, 0.2) is 0 Å². The van der Waals surface area contributed by atoms with Gasteiger partial charge in [0.05, 0.1) is 6.07 Å². The maximum absolute atomic E-state index is 9.28. The summed E-state index contributed by atoms with van der Waals surface area (Å²) in [6.45, 7) is 8.51. The zero-order chi connectivity index (χ0) is 11.9. The first-order valence-corrected chi connectivity index (χ1v) is 7.38. The molecule has 4 heteroatoms. The summed E-state index contributed by atoms with van der Waals surface area (Å²) in [5, 5.41) is 12.7. The summed E-state index contributed by atoms with van der Waals surface area (Å²) >= 11 is 1.90. The normalized spacial score (nSPS) is 25.6. The van der Waals surface area contributed by atoms with E-state index in [0.717, 1.165) is 44.8 Å². The Morgan fingerprint density at radius 2 is 2.19 bits per heavy atom. The van der Waals surface area contributed by atoms with Gasteiger partial charge in [-0.2, -0.15) is 17.0 Å². The SMILES string of the molecule is CCN(CC)CCNC1(C#N)CCCSC1. The molecule has 1 fully saturated rings. The van der Waals surface area contributed by atoms with Gasteiger partial charge in [0.25, 0.3) is 0 Å². The fourth-order valence-electron chi connectivity index (χ4n) is 2.05. The van der Waals surface area contributed by atoms with Crippen LogP contribution in [0.15, 0.2) is 0 Å². The van der Waals surface area contributed by atoms with Crippen LogP contribution in [0.3, 0.4) is 0 Å². The lowest BCUT2D eigenvalue weighted by Gasteiger charge is -2.32. The average molecular weight is 241 g/mol. The molecule has 1 unspecified atom stereocenters. The molecular weight excluding hydrogens is 218 g/mol. The van der Waals surface area contributed by atoms with Gasteiger partial charge in [-0.15, -0.1) is 0 Å². The van der Waals surface area contributed by atoms with Crippen molar-refractivity contribution in [3.05, 3.63) is 0 Å². The van der Waals surface area contributed by atoms with Crippen LogP contribution in [0.5, 0.6) is 0 Å². The second kappa shape index (κ2) is 7.16. The molecule has 1 aliphatic rings. The van der Waals surface area contributed by atoms with Crippen molar-refractivity contribution >= 4 is 11.8 Å². The smallest absolute Gasteiger partial charge is 0.115 e.